The molecular formula is C22H15ClF4N2O3. The third-order valence-corrected chi connectivity index (χ3v) is 5.72. The number of carbonyl (C=O) groups is 2. The molecule has 0 bridgehead atoms. The molecule has 2 aromatic heterocycles. The van der Waals surface area contributed by atoms with E-state index in [1.165, 1.54) is 12.1 Å². The molecule has 5 nitrogen and oxygen atoms in total. The van der Waals surface area contributed by atoms with Gasteiger partial charge in [-0.25, -0.2) is 9.18 Å². The predicted molar refractivity (Wildman–Crippen MR) is 107 cm³/mol. The lowest BCUT2D eigenvalue weighted by Gasteiger charge is -2.15. The van der Waals surface area contributed by atoms with Crippen molar-refractivity contribution in [3.05, 3.63) is 75.1 Å². The summed E-state index contributed by atoms with van der Waals surface area (Å²) in [6, 6.07) is 4.28. The summed E-state index contributed by atoms with van der Waals surface area (Å²) in [7, 11) is 0. The lowest BCUT2D eigenvalue weighted by molar-refractivity contribution is -0.141. The number of aromatic amines is 1. The van der Waals surface area contributed by atoms with Gasteiger partial charge < -0.3 is 10.1 Å². The van der Waals surface area contributed by atoms with Gasteiger partial charge in [-0.15, -0.1) is 0 Å². The van der Waals surface area contributed by atoms with Gasteiger partial charge in [-0.3, -0.25) is 9.78 Å². The molecule has 166 valence electrons. The number of H-pyrrole nitrogens is 1. The Kier molecular flexibility index (Phi) is 5.54. The van der Waals surface area contributed by atoms with E-state index in [2.05, 4.69) is 9.97 Å². The smallest absolute Gasteiger partial charge is 0.434 e. The van der Waals surface area contributed by atoms with Crippen molar-refractivity contribution in [2.45, 2.75) is 31.9 Å². The summed E-state index contributed by atoms with van der Waals surface area (Å²) < 4.78 is 55.5. The highest BCUT2D eigenvalue weighted by Gasteiger charge is 2.40. The minimum Gasteiger partial charge on any atom is -0.478 e. The molecule has 2 N–H and O–H groups in total. The normalized spacial score (nSPS) is 13.7. The van der Waals surface area contributed by atoms with Crippen molar-refractivity contribution >= 4 is 23.4 Å². The van der Waals surface area contributed by atoms with Crippen molar-refractivity contribution < 1.29 is 32.3 Å². The van der Waals surface area contributed by atoms with Crippen molar-refractivity contribution in [1.82, 2.24) is 9.97 Å². The van der Waals surface area contributed by atoms with Crippen LogP contribution in [-0.2, 0) is 19.0 Å². The van der Waals surface area contributed by atoms with Crippen LogP contribution in [0, 0.1) is 5.82 Å². The summed E-state index contributed by atoms with van der Waals surface area (Å²) in [5.41, 5.74) is -1.50. The second-order valence-corrected chi connectivity index (χ2v) is 7.79. The maximum Gasteiger partial charge on any atom is 0.434 e. The molecule has 1 aliphatic rings. The Morgan fingerprint density at radius 2 is 1.84 bits per heavy atom. The number of carboxylic acid groups (broad SMARTS) is 1. The van der Waals surface area contributed by atoms with E-state index in [1.807, 2.05) is 0 Å². The molecule has 3 aromatic rings. The molecule has 1 aromatic carbocycles. The lowest BCUT2D eigenvalue weighted by atomic mass is 9.89. The number of benzene rings is 1. The van der Waals surface area contributed by atoms with E-state index in [4.69, 9.17) is 16.7 Å². The molecule has 32 heavy (non-hydrogen) atoms. The number of aromatic nitrogens is 2. The van der Waals surface area contributed by atoms with Crippen molar-refractivity contribution in [3.63, 3.8) is 0 Å². The number of ketones is 1. The zero-order valence-electron chi connectivity index (χ0n) is 16.3. The number of pyridine rings is 1. The number of aromatic carboxylic acids is 1. The number of hydrogen-bond donors (Lipinski definition) is 2. The molecule has 2 heterocycles. The number of aryl methyl sites for hydroxylation is 1. The van der Waals surface area contributed by atoms with E-state index >= 15 is 0 Å². The molecule has 0 amide bonds. The zero-order chi connectivity index (χ0) is 23.2. The quantitative estimate of drug-likeness (QED) is 0.382. The van der Waals surface area contributed by atoms with Gasteiger partial charge in [0.1, 0.15) is 5.82 Å². The van der Waals surface area contributed by atoms with E-state index < -0.39 is 40.0 Å². The largest absolute Gasteiger partial charge is 0.478 e. The van der Waals surface area contributed by atoms with E-state index in [0.29, 0.717) is 24.1 Å². The predicted octanol–water partition coefficient (Wildman–Crippen LogP) is 5.70. The third-order valence-electron chi connectivity index (χ3n) is 5.40. The van der Waals surface area contributed by atoms with Crippen LogP contribution in [0.4, 0.5) is 17.6 Å². The highest BCUT2D eigenvalue weighted by atomic mass is 35.5. The molecule has 0 spiro atoms. The third kappa shape index (κ3) is 3.77. The molecule has 0 fully saturated rings. The summed E-state index contributed by atoms with van der Waals surface area (Å²) in [6.45, 7) is 0. The van der Waals surface area contributed by atoms with Gasteiger partial charge in [0, 0.05) is 23.0 Å². The van der Waals surface area contributed by atoms with Crippen LogP contribution >= 0.6 is 11.6 Å². The lowest BCUT2D eigenvalue weighted by Crippen LogP contribution is -2.17. The molecule has 4 rings (SSSR count). The van der Waals surface area contributed by atoms with Crippen LogP contribution < -0.4 is 0 Å². The van der Waals surface area contributed by atoms with Crippen molar-refractivity contribution in [2.75, 3.05) is 0 Å². The Morgan fingerprint density at radius 1 is 1.12 bits per heavy atom. The first-order chi connectivity index (χ1) is 15.1. The van der Waals surface area contributed by atoms with Crippen LogP contribution in [0.1, 0.15) is 56.2 Å². The molecule has 0 atom stereocenters. The van der Waals surface area contributed by atoms with Gasteiger partial charge in [0.05, 0.1) is 21.8 Å². The number of fused-ring (bicyclic) bond motifs is 1. The topological polar surface area (TPSA) is 83.0 Å². The van der Waals surface area contributed by atoms with Gasteiger partial charge >= 0.3 is 12.1 Å². The number of nitrogens with one attached hydrogen (secondary N) is 1. The Morgan fingerprint density at radius 3 is 2.50 bits per heavy atom. The molecule has 10 heteroatoms. The number of rotatable bonds is 4. The highest BCUT2D eigenvalue weighted by molar-refractivity contribution is 6.35. The molecule has 0 saturated heterocycles. The van der Waals surface area contributed by atoms with Crippen LogP contribution in [-0.4, -0.2) is 26.8 Å². The fourth-order valence-electron chi connectivity index (χ4n) is 4.00. The number of nitrogens with zero attached hydrogens (tertiary/aromatic N) is 1. The number of carbonyl (C=O) groups excluding carboxylic acids is 1. The SMILES string of the molecule is O=C(O)c1ccc(-c2c(C(=O)c3c(Cl)ccnc3C(F)(F)F)[nH]c3c2CCCC3)c(F)c1. The van der Waals surface area contributed by atoms with Crippen LogP contribution in [0.5, 0.6) is 0 Å². The van der Waals surface area contributed by atoms with Gasteiger partial charge in [0.25, 0.3) is 0 Å². The Labute approximate surface area is 184 Å². The van der Waals surface area contributed by atoms with Crippen LogP contribution in [0.2, 0.25) is 5.02 Å². The highest BCUT2D eigenvalue weighted by Crippen LogP contribution is 2.40. The van der Waals surface area contributed by atoms with Gasteiger partial charge in [-0.2, -0.15) is 13.2 Å². The Balaban J connectivity index is 1.96. The molecule has 1 aliphatic carbocycles. The summed E-state index contributed by atoms with van der Waals surface area (Å²) in [4.78, 5) is 30.7. The first-order valence-corrected chi connectivity index (χ1v) is 10.0. The van der Waals surface area contributed by atoms with Crippen molar-refractivity contribution in [3.8, 4) is 11.1 Å². The monoisotopic (exact) mass is 466 g/mol. The van der Waals surface area contributed by atoms with Gasteiger partial charge in [-0.1, -0.05) is 17.7 Å². The maximum atomic E-state index is 14.9. The van der Waals surface area contributed by atoms with Crippen molar-refractivity contribution in [1.29, 1.82) is 0 Å². The van der Waals surface area contributed by atoms with Gasteiger partial charge in [-0.05, 0) is 49.4 Å². The number of carboxylic acids is 1. The first kappa shape index (κ1) is 22.0. The molecule has 0 radical (unpaired) electrons. The summed E-state index contributed by atoms with van der Waals surface area (Å²) >= 11 is 5.98. The summed E-state index contributed by atoms with van der Waals surface area (Å²) in [5.74, 6) is -3.30. The average Bonchev–Trinajstić information content (AvgIpc) is 3.11. The number of alkyl halides is 3. The zero-order valence-corrected chi connectivity index (χ0v) is 17.1. The standard InChI is InChI=1S/C22H15ClF4N2O3/c23-13-7-8-28-20(22(25,26)27)17(13)19(30)18-16(12-3-1-2-4-15(12)29-18)11-6-5-10(21(31)32)9-14(11)24/h5-9,29H,1-4H2,(H,31,32). The van der Waals surface area contributed by atoms with Gasteiger partial charge in [0.15, 0.2) is 5.69 Å². The number of halogens is 5. The maximum absolute atomic E-state index is 14.9. The minimum absolute atomic E-state index is 0.0775. The minimum atomic E-state index is -4.93. The van der Waals surface area contributed by atoms with Crippen molar-refractivity contribution in [2.24, 2.45) is 0 Å². The number of hydrogen-bond acceptors (Lipinski definition) is 3. The fourth-order valence-corrected chi connectivity index (χ4v) is 4.23. The van der Waals surface area contributed by atoms with E-state index in [0.717, 1.165) is 31.2 Å². The Bertz CT molecular complexity index is 1250. The van der Waals surface area contributed by atoms with E-state index in [1.54, 1.807) is 0 Å². The fraction of sp³-hybridized carbons (Fsp3) is 0.227. The molecule has 0 unspecified atom stereocenters. The second-order valence-electron chi connectivity index (χ2n) is 7.38. The molecule has 0 saturated carbocycles. The average molecular weight is 467 g/mol. The molecule has 0 aliphatic heterocycles. The van der Waals surface area contributed by atoms with Crippen LogP contribution in [0.25, 0.3) is 11.1 Å². The second kappa shape index (κ2) is 8.05. The van der Waals surface area contributed by atoms with Crippen LogP contribution in [0.15, 0.2) is 30.5 Å². The van der Waals surface area contributed by atoms with Gasteiger partial charge in [0.2, 0.25) is 5.78 Å². The van der Waals surface area contributed by atoms with E-state index in [-0.39, 0.29) is 22.4 Å². The van der Waals surface area contributed by atoms with Crippen LogP contribution in [0.3, 0.4) is 0 Å². The first-order valence-electron chi connectivity index (χ1n) is 9.63. The Hall–Kier alpha value is -3.20. The molecular weight excluding hydrogens is 452 g/mol. The summed E-state index contributed by atoms with van der Waals surface area (Å²) in [5, 5.41) is 8.66. The summed E-state index contributed by atoms with van der Waals surface area (Å²) in [6.07, 6.45) is -1.51. The van der Waals surface area contributed by atoms with E-state index in [9.17, 15) is 27.2 Å².